The summed E-state index contributed by atoms with van der Waals surface area (Å²) in [4.78, 5) is 34.5. The maximum absolute atomic E-state index is 13.8. The summed E-state index contributed by atoms with van der Waals surface area (Å²) in [6.45, 7) is 1.90. The van der Waals surface area contributed by atoms with Crippen LogP contribution in [0.3, 0.4) is 0 Å². The molecule has 0 fully saturated rings. The summed E-state index contributed by atoms with van der Waals surface area (Å²) in [5.74, 6) is 0.973. The van der Waals surface area contributed by atoms with Crippen molar-refractivity contribution in [1.29, 1.82) is 0 Å². The average molecular weight is 430 g/mol. The lowest BCUT2D eigenvalue weighted by Gasteiger charge is -2.20. The number of aryl methyl sites for hydroxylation is 1. The Balaban J connectivity index is 1.87. The average Bonchev–Trinajstić information content (AvgIpc) is 3.27. The van der Waals surface area contributed by atoms with E-state index in [0.717, 1.165) is 5.56 Å². The molecule has 3 heterocycles. The molecule has 0 saturated carbocycles. The molecule has 0 bridgehead atoms. The molecular weight excluding hydrogens is 412 g/mol. The minimum Gasteiger partial charge on any atom is -0.495 e. The Hall–Kier alpha value is -3.72. The van der Waals surface area contributed by atoms with Crippen LogP contribution in [-0.2, 0) is 0 Å². The van der Waals surface area contributed by atoms with Crippen molar-refractivity contribution in [1.82, 2.24) is 29.5 Å². The fraction of sp³-hybridized carbons (Fsp3) is 0.136. The monoisotopic (exact) mass is 430 g/mol. The van der Waals surface area contributed by atoms with Gasteiger partial charge in [0, 0.05) is 0 Å². The number of hydrogen-bond acceptors (Lipinski definition) is 7. The van der Waals surface area contributed by atoms with Gasteiger partial charge >= 0.3 is 0 Å². The maximum Gasteiger partial charge on any atom is 0.266 e. The van der Waals surface area contributed by atoms with E-state index in [0.29, 0.717) is 45.0 Å². The lowest BCUT2D eigenvalue weighted by molar-refractivity contribution is 0.412. The summed E-state index contributed by atoms with van der Waals surface area (Å²) in [6, 6.07) is 12.9. The zero-order valence-corrected chi connectivity index (χ0v) is 17.7. The molecule has 0 radical (unpaired) electrons. The van der Waals surface area contributed by atoms with E-state index in [1.807, 2.05) is 43.3 Å². The van der Waals surface area contributed by atoms with Crippen molar-refractivity contribution >= 4 is 34.7 Å². The maximum atomic E-state index is 13.8. The van der Waals surface area contributed by atoms with Gasteiger partial charge in [0.15, 0.2) is 5.65 Å². The number of hydrogen-bond donors (Lipinski definition) is 2. The van der Waals surface area contributed by atoms with Gasteiger partial charge in [-0.25, -0.2) is 19.9 Å². The van der Waals surface area contributed by atoms with Crippen LogP contribution in [-0.4, -0.2) is 36.6 Å². The Morgan fingerprint density at radius 1 is 1.10 bits per heavy atom. The third kappa shape index (κ3) is 3.05. The van der Waals surface area contributed by atoms with E-state index in [1.54, 1.807) is 24.1 Å². The first kappa shape index (κ1) is 19.3. The molecule has 0 aliphatic carbocycles. The van der Waals surface area contributed by atoms with Gasteiger partial charge in [-0.15, -0.1) is 0 Å². The molecule has 9 heteroatoms. The third-order valence-electron chi connectivity index (χ3n) is 5.21. The van der Waals surface area contributed by atoms with Gasteiger partial charge in [-0.05, 0) is 30.7 Å². The molecule has 0 saturated heterocycles. The van der Waals surface area contributed by atoms with Crippen molar-refractivity contribution in [3.05, 3.63) is 82.6 Å². The van der Waals surface area contributed by atoms with Gasteiger partial charge in [0.1, 0.15) is 28.7 Å². The van der Waals surface area contributed by atoms with Crippen LogP contribution in [0, 0.1) is 6.92 Å². The van der Waals surface area contributed by atoms with Crippen LogP contribution >= 0.6 is 12.6 Å². The molecule has 154 valence electrons. The first-order valence-corrected chi connectivity index (χ1v) is 10.1. The molecule has 1 unspecified atom stereocenters. The number of fused-ring (bicyclic) bond motifs is 2. The Morgan fingerprint density at radius 2 is 1.94 bits per heavy atom. The number of benzene rings is 2. The number of rotatable bonds is 4. The van der Waals surface area contributed by atoms with Gasteiger partial charge < -0.3 is 9.72 Å². The van der Waals surface area contributed by atoms with Crippen molar-refractivity contribution in [2.24, 2.45) is 0 Å². The Bertz CT molecular complexity index is 1490. The van der Waals surface area contributed by atoms with Crippen LogP contribution in [0.1, 0.15) is 22.3 Å². The normalized spacial score (nSPS) is 12.4. The highest BCUT2D eigenvalue weighted by Gasteiger charge is 2.25. The Morgan fingerprint density at radius 3 is 2.77 bits per heavy atom. The van der Waals surface area contributed by atoms with E-state index in [4.69, 9.17) is 22.3 Å². The summed E-state index contributed by atoms with van der Waals surface area (Å²) in [5.41, 5.74) is 3.57. The molecule has 0 amide bonds. The smallest absolute Gasteiger partial charge is 0.266 e. The molecule has 31 heavy (non-hydrogen) atoms. The number of nitrogens with one attached hydrogen (secondary N) is 1. The SMILES string of the molecule is COc1ccccc1-n1c(C(S)c2ncnc3nc[nH]c23)nc2cccc(C)c2c1=O. The van der Waals surface area contributed by atoms with Crippen LogP contribution in [0.2, 0.25) is 0 Å². The van der Waals surface area contributed by atoms with Crippen LogP contribution in [0.15, 0.2) is 59.9 Å². The highest BCUT2D eigenvalue weighted by atomic mass is 32.1. The van der Waals surface area contributed by atoms with Gasteiger partial charge in [-0.3, -0.25) is 9.36 Å². The van der Waals surface area contributed by atoms with Crippen LogP contribution in [0.4, 0.5) is 0 Å². The van der Waals surface area contributed by atoms with Gasteiger partial charge in [-0.1, -0.05) is 24.3 Å². The largest absolute Gasteiger partial charge is 0.495 e. The number of imidazole rings is 1. The summed E-state index contributed by atoms with van der Waals surface area (Å²) in [5, 5.41) is -0.0828. The van der Waals surface area contributed by atoms with Crippen molar-refractivity contribution in [2.75, 3.05) is 7.11 Å². The molecule has 0 aliphatic heterocycles. The molecule has 0 aliphatic rings. The van der Waals surface area contributed by atoms with E-state index < -0.39 is 5.25 Å². The number of aromatic amines is 1. The fourth-order valence-corrected chi connectivity index (χ4v) is 4.13. The van der Waals surface area contributed by atoms with Gasteiger partial charge in [0.25, 0.3) is 5.56 Å². The van der Waals surface area contributed by atoms with E-state index in [2.05, 4.69) is 19.9 Å². The highest BCUT2D eigenvalue weighted by molar-refractivity contribution is 7.80. The second-order valence-electron chi connectivity index (χ2n) is 7.01. The quantitative estimate of drug-likeness (QED) is 0.424. The van der Waals surface area contributed by atoms with E-state index in [9.17, 15) is 4.79 Å². The number of ether oxygens (including phenoxy) is 1. The summed E-state index contributed by atoms with van der Waals surface area (Å²) in [7, 11) is 1.57. The molecule has 1 atom stereocenters. The van der Waals surface area contributed by atoms with E-state index in [1.165, 1.54) is 6.33 Å². The third-order valence-corrected chi connectivity index (χ3v) is 5.69. The second kappa shape index (κ2) is 7.51. The second-order valence-corrected chi connectivity index (χ2v) is 7.53. The number of aromatic nitrogens is 6. The van der Waals surface area contributed by atoms with Crippen LogP contribution in [0.25, 0.3) is 27.8 Å². The molecule has 3 aromatic heterocycles. The molecule has 5 aromatic rings. The first-order chi connectivity index (χ1) is 15.1. The molecule has 8 nitrogen and oxygen atoms in total. The Labute approximate surface area is 182 Å². The van der Waals surface area contributed by atoms with Crippen LogP contribution < -0.4 is 10.3 Å². The molecule has 2 aromatic carbocycles. The van der Waals surface area contributed by atoms with E-state index in [-0.39, 0.29) is 5.56 Å². The van der Waals surface area contributed by atoms with Gasteiger partial charge in [-0.2, -0.15) is 12.6 Å². The standard InChI is InChI=1S/C22H18N6O2S/c1-12-6-5-7-13-16(12)22(29)28(14-8-3-4-9-15(14)30-2)21(27-13)19(31)17-18-20(25-10-23-17)26-11-24-18/h3-11,19,31H,1-2H3,(H,23,24,25,26). The van der Waals surface area contributed by atoms with E-state index >= 15 is 0 Å². The topological polar surface area (TPSA) is 98.6 Å². The summed E-state index contributed by atoms with van der Waals surface area (Å²) in [6.07, 6.45) is 2.98. The number of methoxy groups -OCH3 is 1. The zero-order chi connectivity index (χ0) is 21.5. The minimum atomic E-state index is -0.631. The zero-order valence-electron chi connectivity index (χ0n) is 16.8. The molecule has 1 N–H and O–H groups in total. The fourth-order valence-electron chi connectivity index (χ4n) is 3.76. The number of nitrogens with zero attached hydrogens (tertiary/aromatic N) is 5. The number of para-hydroxylation sites is 2. The minimum absolute atomic E-state index is 0.198. The van der Waals surface area contributed by atoms with Gasteiger partial charge in [0.2, 0.25) is 0 Å². The lowest BCUT2D eigenvalue weighted by Crippen LogP contribution is -2.26. The predicted molar refractivity (Wildman–Crippen MR) is 121 cm³/mol. The highest BCUT2D eigenvalue weighted by Crippen LogP contribution is 2.32. The van der Waals surface area contributed by atoms with Crippen LogP contribution in [0.5, 0.6) is 5.75 Å². The lowest BCUT2D eigenvalue weighted by atomic mass is 10.1. The molecule has 5 rings (SSSR count). The van der Waals surface area contributed by atoms with Crippen molar-refractivity contribution < 1.29 is 4.74 Å². The summed E-state index contributed by atoms with van der Waals surface area (Å²) >= 11 is 4.84. The van der Waals surface area contributed by atoms with Gasteiger partial charge in [0.05, 0.1) is 35.7 Å². The Kier molecular flexibility index (Phi) is 4.67. The first-order valence-electron chi connectivity index (χ1n) is 9.58. The molecular formula is C22H18N6O2S. The van der Waals surface area contributed by atoms with Crippen molar-refractivity contribution in [3.8, 4) is 11.4 Å². The summed E-state index contributed by atoms with van der Waals surface area (Å²) < 4.78 is 7.09. The number of H-pyrrole nitrogens is 1. The van der Waals surface area contributed by atoms with Crippen molar-refractivity contribution in [3.63, 3.8) is 0 Å². The van der Waals surface area contributed by atoms with Crippen molar-refractivity contribution in [2.45, 2.75) is 12.2 Å². The number of thiol groups is 1. The predicted octanol–water partition coefficient (Wildman–Crippen LogP) is 3.39. The molecule has 0 spiro atoms.